The molecule has 0 bridgehead atoms. The highest BCUT2D eigenvalue weighted by molar-refractivity contribution is 5.81. The van der Waals surface area contributed by atoms with E-state index in [2.05, 4.69) is 20.1 Å². The van der Waals surface area contributed by atoms with Crippen molar-refractivity contribution in [2.24, 2.45) is 0 Å². The Labute approximate surface area is 142 Å². The highest BCUT2D eigenvalue weighted by Crippen LogP contribution is 2.17. The largest absolute Gasteiger partial charge is 0.353 e. The Bertz CT molecular complexity index is 709. The number of amides is 1. The lowest BCUT2D eigenvalue weighted by molar-refractivity contribution is -0.126. The number of hydrogen-bond donors (Lipinski definition) is 1. The molecule has 1 aromatic heterocycles. The van der Waals surface area contributed by atoms with Crippen LogP contribution in [0, 0.1) is 0 Å². The second-order valence-corrected chi connectivity index (χ2v) is 6.58. The molecule has 0 spiro atoms. The number of benzene rings is 1. The number of fused-ring (bicyclic) bond motifs is 1. The zero-order valence-electron chi connectivity index (χ0n) is 14.6. The number of piperazine rings is 1. The highest BCUT2D eigenvalue weighted by atomic mass is 16.2. The van der Waals surface area contributed by atoms with E-state index < -0.39 is 0 Å². The van der Waals surface area contributed by atoms with Crippen LogP contribution >= 0.6 is 0 Å². The summed E-state index contributed by atoms with van der Waals surface area (Å²) in [6.07, 6.45) is 1.84. The molecule has 1 N–H and O–H groups in total. The van der Waals surface area contributed by atoms with Crippen LogP contribution in [0.1, 0.15) is 20.8 Å². The molecule has 0 saturated carbocycles. The van der Waals surface area contributed by atoms with Crippen LogP contribution in [0.3, 0.4) is 0 Å². The standard InChI is InChI=1S/C18H25N5O/c1-13(2)20-18(24)14(3)22-8-10-23(11-9-22)17-12-19-15-6-4-5-7-16(15)21-17/h4-7,12-14H,8-11H2,1-3H3,(H,20,24). The van der Waals surface area contributed by atoms with Gasteiger partial charge in [-0.1, -0.05) is 12.1 Å². The van der Waals surface area contributed by atoms with Crippen molar-refractivity contribution in [2.45, 2.75) is 32.9 Å². The van der Waals surface area contributed by atoms with Gasteiger partial charge in [-0.2, -0.15) is 0 Å². The molecule has 1 atom stereocenters. The van der Waals surface area contributed by atoms with Crippen LogP contribution in [0.2, 0.25) is 0 Å². The molecule has 1 unspecified atom stereocenters. The monoisotopic (exact) mass is 327 g/mol. The molecule has 128 valence electrons. The zero-order chi connectivity index (χ0) is 17.1. The van der Waals surface area contributed by atoms with Crippen molar-refractivity contribution in [1.82, 2.24) is 20.2 Å². The summed E-state index contributed by atoms with van der Waals surface area (Å²) >= 11 is 0. The molecule has 2 heterocycles. The van der Waals surface area contributed by atoms with Crippen LogP contribution in [0.4, 0.5) is 5.82 Å². The summed E-state index contributed by atoms with van der Waals surface area (Å²) in [5.41, 5.74) is 1.83. The number of nitrogens with one attached hydrogen (secondary N) is 1. The first-order chi connectivity index (χ1) is 11.5. The maximum Gasteiger partial charge on any atom is 0.237 e. The SMILES string of the molecule is CC(C)NC(=O)C(C)N1CCN(c2cnc3ccccc3n2)CC1. The lowest BCUT2D eigenvalue weighted by Crippen LogP contribution is -2.54. The molecule has 6 heteroatoms. The van der Waals surface area contributed by atoms with E-state index in [1.165, 1.54) is 0 Å². The van der Waals surface area contributed by atoms with Crippen LogP contribution in [-0.2, 0) is 4.79 Å². The van der Waals surface area contributed by atoms with Crippen molar-refractivity contribution in [2.75, 3.05) is 31.1 Å². The molecular weight excluding hydrogens is 302 g/mol. The molecule has 24 heavy (non-hydrogen) atoms. The third kappa shape index (κ3) is 3.64. The molecule has 0 aliphatic carbocycles. The fraction of sp³-hybridized carbons (Fsp3) is 0.500. The smallest absolute Gasteiger partial charge is 0.237 e. The fourth-order valence-corrected chi connectivity index (χ4v) is 3.01. The summed E-state index contributed by atoms with van der Waals surface area (Å²) < 4.78 is 0. The van der Waals surface area contributed by atoms with E-state index >= 15 is 0 Å². The highest BCUT2D eigenvalue weighted by Gasteiger charge is 2.26. The van der Waals surface area contributed by atoms with Gasteiger partial charge in [-0.25, -0.2) is 4.98 Å². The average Bonchev–Trinajstić information content (AvgIpc) is 2.60. The van der Waals surface area contributed by atoms with Crippen LogP contribution in [0.5, 0.6) is 0 Å². The van der Waals surface area contributed by atoms with Gasteiger partial charge in [-0.3, -0.25) is 14.7 Å². The van der Waals surface area contributed by atoms with Crippen molar-refractivity contribution >= 4 is 22.8 Å². The van der Waals surface area contributed by atoms with Gasteiger partial charge in [0.1, 0.15) is 5.82 Å². The quantitative estimate of drug-likeness (QED) is 0.925. The van der Waals surface area contributed by atoms with Crippen LogP contribution < -0.4 is 10.2 Å². The molecular formula is C18H25N5O. The van der Waals surface area contributed by atoms with E-state index in [1.54, 1.807) is 0 Å². The second kappa shape index (κ2) is 7.13. The summed E-state index contributed by atoms with van der Waals surface area (Å²) in [7, 11) is 0. The van der Waals surface area contributed by atoms with E-state index in [-0.39, 0.29) is 18.0 Å². The van der Waals surface area contributed by atoms with E-state index in [9.17, 15) is 4.79 Å². The minimum Gasteiger partial charge on any atom is -0.353 e. The molecule has 1 amide bonds. The number of para-hydroxylation sites is 2. The number of nitrogens with zero attached hydrogens (tertiary/aromatic N) is 4. The first-order valence-electron chi connectivity index (χ1n) is 8.56. The number of carbonyl (C=O) groups is 1. The second-order valence-electron chi connectivity index (χ2n) is 6.58. The van der Waals surface area contributed by atoms with Crippen molar-refractivity contribution in [3.05, 3.63) is 30.5 Å². The topological polar surface area (TPSA) is 61.4 Å². The molecule has 0 radical (unpaired) electrons. The van der Waals surface area contributed by atoms with Crippen LogP contribution in [-0.4, -0.2) is 59.0 Å². The molecule has 1 fully saturated rings. The summed E-state index contributed by atoms with van der Waals surface area (Å²) in [5, 5.41) is 2.99. The Morgan fingerprint density at radius 1 is 1.08 bits per heavy atom. The van der Waals surface area contributed by atoms with Gasteiger partial charge in [0.05, 0.1) is 23.3 Å². The number of rotatable bonds is 4. The Kier molecular flexibility index (Phi) is 4.94. The van der Waals surface area contributed by atoms with E-state index in [0.717, 1.165) is 43.0 Å². The van der Waals surface area contributed by atoms with Crippen molar-refractivity contribution in [3.8, 4) is 0 Å². The van der Waals surface area contributed by atoms with Gasteiger partial charge in [-0.15, -0.1) is 0 Å². The van der Waals surface area contributed by atoms with Crippen LogP contribution in [0.25, 0.3) is 11.0 Å². The predicted molar refractivity (Wildman–Crippen MR) is 96.1 cm³/mol. The molecule has 6 nitrogen and oxygen atoms in total. The van der Waals surface area contributed by atoms with Gasteiger partial charge in [0.25, 0.3) is 0 Å². The Hall–Kier alpha value is -2.21. The summed E-state index contributed by atoms with van der Waals surface area (Å²) in [6, 6.07) is 7.98. The zero-order valence-corrected chi connectivity index (χ0v) is 14.6. The molecule has 3 rings (SSSR count). The normalized spacial score (nSPS) is 17.2. The fourth-order valence-electron chi connectivity index (χ4n) is 3.01. The number of hydrogen-bond acceptors (Lipinski definition) is 5. The number of anilines is 1. The Balaban J connectivity index is 1.62. The van der Waals surface area contributed by atoms with Gasteiger partial charge < -0.3 is 10.2 Å². The number of aromatic nitrogens is 2. The van der Waals surface area contributed by atoms with Crippen molar-refractivity contribution < 1.29 is 4.79 Å². The minimum atomic E-state index is -0.0998. The first-order valence-corrected chi connectivity index (χ1v) is 8.56. The molecule has 1 aromatic carbocycles. The predicted octanol–water partition coefficient (Wildman–Crippen LogP) is 1.66. The third-order valence-electron chi connectivity index (χ3n) is 4.43. The summed E-state index contributed by atoms with van der Waals surface area (Å²) in [6.45, 7) is 9.35. The van der Waals surface area contributed by atoms with Gasteiger partial charge in [-0.05, 0) is 32.9 Å². The summed E-state index contributed by atoms with van der Waals surface area (Å²) in [4.78, 5) is 25.8. The van der Waals surface area contributed by atoms with E-state index in [0.29, 0.717) is 0 Å². The summed E-state index contributed by atoms with van der Waals surface area (Å²) in [5.74, 6) is 1.01. The van der Waals surface area contributed by atoms with E-state index in [1.807, 2.05) is 51.2 Å². The lowest BCUT2D eigenvalue weighted by atomic mass is 10.2. The molecule has 1 aliphatic heterocycles. The Morgan fingerprint density at radius 2 is 1.75 bits per heavy atom. The van der Waals surface area contributed by atoms with Crippen molar-refractivity contribution in [3.63, 3.8) is 0 Å². The third-order valence-corrected chi connectivity index (χ3v) is 4.43. The average molecular weight is 327 g/mol. The number of carbonyl (C=O) groups excluding carboxylic acids is 1. The van der Waals surface area contributed by atoms with Crippen LogP contribution in [0.15, 0.2) is 30.5 Å². The van der Waals surface area contributed by atoms with Gasteiger partial charge in [0.2, 0.25) is 5.91 Å². The first kappa shape index (κ1) is 16.6. The molecule has 1 aliphatic rings. The Morgan fingerprint density at radius 3 is 2.42 bits per heavy atom. The van der Waals surface area contributed by atoms with Crippen molar-refractivity contribution in [1.29, 1.82) is 0 Å². The van der Waals surface area contributed by atoms with Gasteiger partial charge in [0.15, 0.2) is 0 Å². The van der Waals surface area contributed by atoms with Gasteiger partial charge in [0, 0.05) is 32.2 Å². The van der Waals surface area contributed by atoms with Gasteiger partial charge >= 0.3 is 0 Å². The minimum absolute atomic E-state index is 0.0998. The lowest BCUT2D eigenvalue weighted by Gasteiger charge is -2.38. The molecule has 1 saturated heterocycles. The molecule has 2 aromatic rings. The van der Waals surface area contributed by atoms with E-state index in [4.69, 9.17) is 4.98 Å². The maximum atomic E-state index is 12.2. The maximum absolute atomic E-state index is 12.2.